The third-order valence-corrected chi connectivity index (χ3v) is 6.92. The van der Waals surface area contributed by atoms with Crippen LogP contribution in [0.4, 0.5) is 0 Å². The minimum absolute atomic E-state index is 0.0124. The third kappa shape index (κ3) is 5.93. The number of aliphatic hydroxyl groups excluding tert-OH is 1. The van der Waals surface area contributed by atoms with E-state index in [1.165, 1.54) is 11.8 Å². The quantitative estimate of drug-likeness (QED) is 0.455. The van der Waals surface area contributed by atoms with Gasteiger partial charge in [0.1, 0.15) is 30.0 Å². The lowest BCUT2D eigenvalue weighted by molar-refractivity contribution is -0.145. The number of rotatable bonds is 9. The second-order valence-electron chi connectivity index (χ2n) is 11.3. The van der Waals surface area contributed by atoms with Crippen LogP contribution in [0.25, 0.3) is 0 Å². The minimum atomic E-state index is -1.54. The van der Waals surface area contributed by atoms with Crippen LogP contribution in [-0.2, 0) is 14.4 Å². The Balaban J connectivity index is 1.53. The van der Waals surface area contributed by atoms with Gasteiger partial charge in [0.2, 0.25) is 17.7 Å². The number of aromatic nitrogens is 3. The largest absolute Gasteiger partial charge is 0.491 e. The smallest absolute Gasteiger partial charge is 0.248 e. The predicted octanol–water partition coefficient (Wildman–Crippen LogP) is 1.14. The lowest BCUT2D eigenvalue weighted by atomic mass is 9.85. The SMILES string of the molecule is CC(COc1ccccc1)(NC(=O)C1CC(O)CN1C(=O)[C@@H](n1cc(C2CC2)nn1)C(C)(C)C)C(N)=O. The summed E-state index contributed by atoms with van der Waals surface area (Å²) in [6, 6.07) is 7.12. The van der Waals surface area contributed by atoms with E-state index < -0.39 is 41.0 Å². The number of β-amino-alcohol motifs (C(OH)–C–C–N with tert-alkyl or cyclic N) is 1. The number of likely N-dealkylation sites (tertiary alicyclic amines) is 1. The molecule has 200 valence electrons. The highest BCUT2D eigenvalue weighted by molar-refractivity contribution is 5.94. The summed E-state index contributed by atoms with van der Waals surface area (Å²) in [5, 5.41) is 21.6. The van der Waals surface area contributed by atoms with Crippen molar-refractivity contribution in [2.75, 3.05) is 13.2 Å². The van der Waals surface area contributed by atoms with Crippen LogP contribution in [-0.4, -0.2) is 73.6 Å². The molecule has 3 unspecified atom stereocenters. The van der Waals surface area contributed by atoms with Crippen molar-refractivity contribution in [3.63, 3.8) is 0 Å². The fraction of sp³-hybridized carbons (Fsp3) is 0.577. The zero-order valence-electron chi connectivity index (χ0n) is 21.8. The van der Waals surface area contributed by atoms with Gasteiger partial charge in [0.05, 0.1) is 11.8 Å². The molecule has 4 atom stereocenters. The van der Waals surface area contributed by atoms with E-state index in [9.17, 15) is 19.5 Å². The van der Waals surface area contributed by atoms with Gasteiger partial charge in [0.25, 0.3) is 0 Å². The number of carbonyl (C=O) groups excluding carboxylic acids is 3. The maximum absolute atomic E-state index is 13.9. The number of ether oxygens (including phenoxy) is 1. The van der Waals surface area contributed by atoms with Gasteiger partial charge in [0.15, 0.2) is 0 Å². The summed E-state index contributed by atoms with van der Waals surface area (Å²) in [5.74, 6) is -0.827. The van der Waals surface area contributed by atoms with E-state index in [1.807, 2.05) is 26.8 Å². The van der Waals surface area contributed by atoms with E-state index >= 15 is 0 Å². The highest BCUT2D eigenvalue weighted by Gasteiger charge is 2.47. The van der Waals surface area contributed by atoms with E-state index in [0.717, 1.165) is 18.5 Å². The summed E-state index contributed by atoms with van der Waals surface area (Å²) in [6.45, 7) is 7.01. The summed E-state index contributed by atoms with van der Waals surface area (Å²) in [7, 11) is 0. The van der Waals surface area contributed by atoms with Gasteiger partial charge < -0.3 is 25.8 Å². The van der Waals surface area contributed by atoms with Crippen LogP contribution in [0.1, 0.15) is 64.6 Å². The van der Waals surface area contributed by atoms with Crippen LogP contribution in [0.2, 0.25) is 0 Å². The van der Waals surface area contributed by atoms with Gasteiger partial charge in [-0.3, -0.25) is 14.4 Å². The number of hydrogen-bond acceptors (Lipinski definition) is 7. The molecule has 2 aromatic rings. The number of benzene rings is 1. The van der Waals surface area contributed by atoms with Crippen LogP contribution >= 0.6 is 0 Å². The molecule has 2 fully saturated rings. The van der Waals surface area contributed by atoms with Crippen molar-refractivity contribution >= 4 is 17.7 Å². The van der Waals surface area contributed by atoms with E-state index in [1.54, 1.807) is 35.1 Å². The molecule has 4 N–H and O–H groups in total. The van der Waals surface area contributed by atoms with Crippen molar-refractivity contribution in [3.05, 3.63) is 42.2 Å². The fourth-order valence-corrected chi connectivity index (χ4v) is 4.59. The lowest BCUT2D eigenvalue weighted by Gasteiger charge is -2.35. The molecule has 4 rings (SSSR count). The number of amides is 3. The van der Waals surface area contributed by atoms with Crippen LogP contribution in [0.5, 0.6) is 5.75 Å². The number of carbonyl (C=O) groups is 3. The first kappa shape index (κ1) is 26.6. The number of hydrogen-bond donors (Lipinski definition) is 3. The van der Waals surface area contributed by atoms with Gasteiger partial charge in [-0.15, -0.1) is 5.10 Å². The monoisotopic (exact) mass is 512 g/mol. The molecule has 1 aromatic carbocycles. The van der Waals surface area contributed by atoms with Gasteiger partial charge in [0, 0.05) is 25.1 Å². The Labute approximate surface area is 216 Å². The Hall–Kier alpha value is -3.47. The second kappa shape index (κ2) is 10.1. The van der Waals surface area contributed by atoms with Gasteiger partial charge >= 0.3 is 0 Å². The number of aliphatic hydroxyl groups is 1. The van der Waals surface area contributed by atoms with Crippen LogP contribution in [0.15, 0.2) is 36.5 Å². The molecule has 37 heavy (non-hydrogen) atoms. The summed E-state index contributed by atoms with van der Waals surface area (Å²) in [6.07, 6.45) is 3.06. The summed E-state index contributed by atoms with van der Waals surface area (Å²) < 4.78 is 7.26. The van der Waals surface area contributed by atoms with Crippen molar-refractivity contribution in [1.29, 1.82) is 0 Å². The first-order valence-electron chi connectivity index (χ1n) is 12.6. The molecule has 2 aliphatic rings. The zero-order valence-corrected chi connectivity index (χ0v) is 21.8. The summed E-state index contributed by atoms with van der Waals surface area (Å²) in [5.41, 5.74) is 4.40. The van der Waals surface area contributed by atoms with E-state index in [2.05, 4.69) is 15.6 Å². The molecule has 3 amide bonds. The second-order valence-corrected chi connectivity index (χ2v) is 11.3. The van der Waals surface area contributed by atoms with Crippen molar-refractivity contribution in [3.8, 4) is 5.75 Å². The Bertz CT molecular complexity index is 1140. The Kier molecular flexibility index (Phi) is 7.27. The Morgan fingerprint density at radius 1 is 1.19 bits per heavy atom. The minimum Gasteiger partial charge on any atom is -0.491 e. The molecular weight excluding hydrogens is 476 g/mol. The van der Waals surface area contributed by atoms with Gasteiger partial charge in [-0.25, -0.2) is 4.68 Å². The maximum Gasteiger partial charge on any atom is 0.248 e. The normalized spacial score (nSPS) is 22.2. The molecule has 1 saturated carbocycles. The molecule has 1 saturated heterocycles. The number of nitrogens with one attached hydrogen (secondary N) is 1. The van der Waals surface area contributed by atoms with E-state index in [-0.39, 0.29) is 25.5 Å². The van der Waals surface area contributed by atoms with Crippen molar-refractivity contribution < 1.29 is 24.2 Å². The molecule has 11 nitrogen and oxygen atoms in total. The molecule has 2 heterocycles. The van der Waals surface area contributed by atoms with Gasteiger partial charge in [-0.2, -0.15) is 0 Å². The first-order chi connectivity index (χ1) is 17.4. The van der Waals surface area contributed by atoms with Crippen LogP contribution in [0.3, 0.4) is 0 Å². The van der Waals surface area contributed by atoms with E-state index in [4.69, 9.17) is 10.5 Å². The standard InChI is InChI=1S/C26H36N6O5/c1-25(2,3)21(32-14-19(29-30-32)16-10-11-16)23(35)31-13-17(33)12-20(31)22(34)28-26(4,24(27)36)15-37-18-8-6-5-7-9-18/h5-9,14,16-17,20-21,33H,10-13,15H2,1-4H3,(H2,27,36)(H,28,34)/t17?,20?,21-,26?/m1/s1. The predicted molar refractivity (Wildman–Crippen MR) is 134 cm³/mol. The number of nitrogens with zero attached hydrogens (tertiary/aromatic N) is 4. The number of nitrogens with two attached hydrogens (primary N) is 1. The van der Waals surface area contributed by atoms with E-state index in [0.29, 0.717) is 11.7 Å². The molecule has 1 aromatic heterocycles. The average molecular weight is 513 g/mol. The van der Waals surface area contributed by atoms with Crippen LogP contribution < -0.4 is 15.8 Å². The molecule has 1 aliphatic carbocycles. The van der Waals surface area contributed by atoms with Crippen molar-refractivity contribution in [1.82, 2.24) is 25.2 Å². The highest BCUT2D eigenvalue weighted by Crippen LogP contribution is 2.40. The van der Waals surface area contributed by atoms with Crippen LogP contribution in [0, 0.1) is 5.41 Å². The first-order valence-corrected chi connectivity index (χ1v) is 12.6. The van der Waals surface area contributed by atoms with Gasteiger partial charge in [-0.1, -0.05) is 44.2 Å². The molecule has 1 aliphatic heterocycles. The highest BCUT2D eigenvalue weighted by atomic mass is 16.5. The van der Waals surface area contributed by atoms with Gasteiger partial charge in [-0.05, 0) is 37.3 Å². The molecule has 0 radical (unpaired) electrons. The Morgan fingerprint density at radius 2 is 1.86 bits per heavy atom. The molecule has 11 heteroatoms. The molecule has 0 spiro atoms. The number of primary amides is 1. The maximum atomic E-state index is 13.9. The summed E-state index contributed by atoms with van der Waals surface area (Å²) >= 11 is 0. The topological polar surface area (TPSA) is 153 Å². The number of para-hydroxylation sites is 1. The fourth-order valence-electron chi connectivity index (χ4n) is 4.59. The zero-order chi connectivity index (χ0) is 27.0. The Morgan fingerprint density at radius 3 is 2.46 bits per heavy atom. The van der Waals surface area contributed by atoms with Crippen molar-refractivity contribution in [2.24, 2.45) is 11.1 Å². The van der Waals surface area contributed by atoms with Crippen molar-refractivity contribution in [2.45, 2.75) is 76.6 Å². The molecule has 0 bridgehead atoms. The summed E-state index contributed by atoms with van der Waals surface area (Å²) in [4.78, 5) is 41.0. The average Bonchev–Trinajstić information content (AvgIpc) is 3.44. The lowest BCUT2D eigenvalue weighted by Crippen LogP contribution is -2.62. The third-order valence-electron chi connectivity index (χ3n) is 6.92. The molecular formula is C26H36N6O5.